The molecule has 0 aliphatic rings. The van der Waals surface area contributed by atoms with Gasteiger partial charge in [-0.25, -0.2) is 5.43 Å². The number of nitrogens with zero attached hydrogens (tertiary/aromatic N) is 2. The molecule has 2 aromatic rings. The van der Waals surface area contributed by atoms with Gasteiger partial charge >= 0.3 is 0 Å². The van der Waals surface area contributed by atoms with Gasteiger partial charge in [0.25, 0.3) is 11.6 Å². The minimum absolute atomic E-state index is 0.00877. The number of furan rings is 1. The Bertz CT molecular complexity index is 741. The quantitative estimate of drug-likeness (QED) is 0.496. The van der Waals surface area contributed by atoms with E-state index < -0.39 is 10.8 Å². The molecule has 0 unspecified atom stereocenters. The maximum absolute atomic E-state index is 12.0. The molecule has 0 aliphatic heterocycles. The van der Waals surface area contributed by atoms with Crippen molar-refractivity contribution in [3.63, 3.8) is 0 Å². The number of methoxy groups -OCH3 is 1. The molecule has 0 atom stereocenters. The standard InChI is InChI=1S/C13H10BrN3O5/c1-21-11-4-2-8(17(19)20)6-10(11)13(18)16-15-7-9-3-5-12(14)22-9/h2-7H,1H3,(H,16,18)/b15-7-. The summed E-state index contributed by atoms with van der Waals surface area (Å²) >= 11 is 3.13. The van der Waals surface area contributed by atoms with Gasteiger partial charge < -0.3 is 9.15 Å². The number of non-ortho nitro benzene ring substituents is 1. The van der Waals surface area contributed by atoms with Gasteiger partial charge in [-0.3, -0.25) is 14.9 Å². The van der Waals surface area contributed by atoms with Crippen LogP contribution >= 0.6 is 15.9 Å². The molecule has 0 radical (unpaired) electrons. The van der Waals surface area contributed by atoms with Crippen LogP contribution in [0.15, 0.2) is 44.5 Å². The third kappa shape index (κ3) is 3.70. The third-order valence-electron chi connectivity index (χ3n) is 2.59. The van der Waals surface area contributed by atoms with Gasteiger partial charge in [-0.05, 0) is 34.1 Å². The van der Waals surface area contributed by atoms with E-state index in [0.29, 0.717) is 10.4 Å². The molecule has 0 fully saturated rings. The number of nitro benzene ring substituents is 1. The fourth-order valence-electron chi connectivity index (χ4n) is 1.60. The number of carbonyl (C=O) groups excluding carboxylic acids is 1. The first kappa shape index (κ1) is 15.7. The molecular formula is C13H10BrN3O5. The Labute approximate surface area is 133 Å². The highest BCUT2D eigenvalue weighted by Gasteiger charge is 2.17. The number of hydrazone groups is 1. The number of halogens is 1. The lowest BCUT2D eigenvalue weighted by atomic mass is 10.1. The molecule has 114 valence electrons. The molecular weight excluding hydrogens is 358 g/mol. The summed E-state index contributed by atoms with van der Waals surface area (Å²) in [4.78, 5) is 22.2. The Morgan fingerprint density at radius 1 is 1.45 bits per heavy atom. The highest BCUT2D eigenvalue weighted by Crippen LogP contribution is 2.23. The van der Waals surface area contributed by atoms with Gasteiger partial charge in [-0.1, -0.05) is 0 Å². The van der Waals surface area contributed by atoms with Crippen molar-refractivity contribution in [1.82, 2.24) is 5.43 Å². The summed E-state index contributed by atoms with van der Waals surface area (Å²) in [5.41, 5.74) is 2.04. The smallest absolute Gasteiger partial charge is 0.275 e. The van der Waals surface area contributed by atoms with E-state index in [1.54, 1.807) is 12.1 Å². The average Bonchev–Trinajstić information content (AvgIpc) is 2.91. The second kappa shape index (κ2) is 6.85. The van der Waals surface area contributed by atoms with Crippen LogP contribution in [0.1, 0.15) is 16.1 Å². The monoisotopic (exact) mass is 367 g/mol. The van der Waals surface area contributed by atoms with Gasteiger partial charge in [0.05, 0.1) is 23.8 Å². The molecule has 0 saturated heterocycles. The van der Waals surface area contributed by atoms with Crippen molar-refractivity contribution in [3.05, 3.63) is 56.4 Å². The largest absolute Gasteiger partial charge is 0.496 e. The molecule has 1 amide bonds. The number of hydrogen-bond donors (Lipinski definition) is 1. The predicted octanol–water partition coefficient (Wildman–Crippen LogP) is 2.72. The van der Waals surface area contributed by atoms with E-state index in [1.165, 1.54) is 25.5 Å². The van der Waals surface area contributed by atoms with Crippen LogP contribution in [0.4, 0.5) is 5.69 Å². The lowest BCUT2D eigenvalue weighted by Crippen LogP contribution is -2.18. The second-order valence-electron chi connectivity index (χ2n) is 3.98. The highest BCUT2D eigenvalue weighted by atomic mass is 79.9. The SMILES string of the molecule is COc1ccc([N+](=O)[O-])cc1C(=O)N/N=C\c1ccc(Br)o1. The van der Waals surface area contributed by atoms with E-state index in [4.69, 9.17) is 9.15 Å². The van der Waals surface area contributed by atoms with E-state index in [0.717, 1.165) is 6.07 Å². The van der Waals surface area contributed by atoms with Gasteiger partial charge in [0.1, 0.15) is 11.5 Å². The lowest BCUT2D eigenvalue weighted by Gasteiger charge is -2.06. The van der Waals surface area contributed by atoms with E-state index >= 15 is 0 Å². The molecule has 9 heteroatoms. The molecule has 8 nitrogen and oxygen atoms in total. The van der Waals surface area contributed by atoms with Gasteiger partial charge in [-0.15, -0.1) is 0 Å². The molecule has 0 aliphatic carbocycles. The third-order valence-corrected chi connectivity index (χ3v) is 3.02. The molecule has 1 aromatic carbocycles. The van der Waals surface area contributed by atoms with Crippen LogP contribution in [0.2, 0.25) is 0 Å². The number of nitrogens with one attached hydrogen (secondary N) is 1. The van der Waals surface area contributed by atoms with Gasteiger partial charge in [0.15, 0.2) is 4.67 Å². The Morgan fingerprint density at radius 2 is 2.23 bits per heavy atom. The summed E-state index contributed by atoms with van der Waals surface area (Å²) in [6.45, 7) is 0. The van der Waals surface area contributed by atoms with Crippen LogP contribution in [-0.4, -0.2) is 24.2 Å². The number of benzene rings is 1. The number of amides is 1. The summed E-state index contributed by atoms with van der Waals surface area (Å²) in [5.74, 6) is -0.000327. The van der Waals surface area contributed by atoms with Crippen LogP contribution in [-0.2, 0) is 0 Å². The van der Waals surface area contributed by atoms with Crippen LogP contribution in [0, 0.1) is 10.1 Å². The second-order valence-corrected chi connectivity index (χ2v) is 4.76. The first-order chi connectivity index (χ1) is 10.5. The number of ether oxygens (including phenoxy) is 1. The molecule has 22 heavy (non-hydrogen) atoms. The Balaban J connectivity index is 2.16. The molecule has 1 N–H and O–H groups in total. The minimum atomic E-state index is -0.637. The van der Waals surface area contributed by atoms with Crippen molar-refractivity contribution >= 4 is 33.7 Å². The molecule has 0 saturated carbocycles. The van der Waals surface area contributed by atoms with Crippen LogP contribution in [0.5, 0.6) is 5.75 Å². The first-order valence-electron chi connectivity index (χ1n) is 5.92. The summed E-state index contributed by atoms with van der Waals surface area (Å²) in [6, 6.07) is 7.03. The van der Waals surface area contributed by atoms with E-state index in [-0.39, 0.29) is 17.0 Å². The summed E-state index contributed by atoms with van der Waals surface area (Å²) in [5, 5.41) is 14.5. The van der Waals surface area contributed by atoms with Gasteiger partial charge in [0, 0.05) is 12.1 Å². The molecule has 0 bridgehead atoms. The van der Waals surface area contributed by atoms with E-state index in [2.05, 4.69) is 26.5 Å². The van der Waals surface area contributed by atoms with Crippen LogP contribution in [0.25, 0.3) is 0 Å². The molecule has 1 heterocycles. The zero-order chi connectivity index (χ0) is 16.1. The van der Waals surface area contributed by atoms with E-state index in [1.807, 2.05) is 0 Å². The van der Waals surface area contributed by atoms with Crippen molar-refractivity contribution in [2.45, 2.75) is 0 Å². The van der Waals surface area contributed by atoms with Crippen molar-refractivity contribution in [3.8, 4) is 5.75 Å². The molecule has 0 spiro atoms. The number of hydrogen-bond acceptors (Lipinski definition) is 6. The summed E-state index contributed by atoms with van der Waals surface area (Å²) < 4.78 is 10.7. The maximum atomic E-state index is 12.0. The van der Waals surface area contributed by atoms with Gasteiger partial charge in [0.2, 0.25) is 0 Å². The van der Waals surface area contributed by atoms with Crippen molar-refractivity contribution < 1.29 is 18.9 Å². The first-order valence-corrected chi connectivity index (χ1v) is 6.71. The van der Waals surface area contributed by atoms with Crippen molar-refractivity contribution in [1.29, 1.82) is 0 Å². The normalized spacial score (nSPS) is 10.6. The minimum Gasteiger partial charge on any atom is -0.496 e. The van der Waals surface area contributed by atoms with E-state index in [9.17, 15) is 14.9 Å². The fraction of sp³-hybridized carbons (Fsp3) is 0.0769. The lowest BCUT2D eigenvalue weighted by molar-refractivity contribution is -0.384. The topological polar surface area (TPSA) is 107 Å². The molecule has 2 rings (SSSR count). The number of rotatable bonds is 5. The fourth-order valence-corrected chi connectivity index (χ4v) is 1.92. The maximum Gasteiger partial charge on any atom is 0.275 e. The summed E-state index contributed by atoms with van der Waals surface area (Å²) in [7, 11) is 1.36. The average molecular weight is 368 g/mol. The number of nitro groups is 1. The van der Waals surface area contributed by atoms with Crippen molar-refractivity contribution in [2.75, 3.05) is 7.11 Å². The van der Waals surface area contributed by atoms with Crippen molar-refractivity contribution in [2.24, 2.45) is 5.10 Å². The predicted molar refractivity (Wildman–Crippen MR) is 81.1 cm³/mol. The number of carbonyl (C=O) groups is 1. The van der Waals surface area contributed by atoms with Gasteiger partial charge in [-0.2, -0.15) is 5.10 Å². The Morgan fingerprint density at radius 3 is 2.82 bits per heavy atom. The zero-order valence-electron chi connectivity index (χ0n) is 11.3. The Hall–Kier alpha value is -2.68. The van der Waals surface area contributed by atoms with Crippen LogP contribution in [0.3, 0.4) is 0 Å². The highest BCUT2D eigenvalue weighted by molar-refractivity contribution is 9.10. The zero-order valence-corrected chi connectivity index (χ0v) is 12.9. The summed E-state index contributed by atoms with van der Waals surface area (Å²) in [6.07, 6.45) is 1.30. The van der Waals surface area contributed by atoms with Crippen LogP contribution < -0.4 is 10.2 Å². The Kier molecular flexibility index (Phi) is 4.89. The molecule has 1 aromatic heterocycles.